The molecular weight excluding hydrogens is 308 g/mol. The highest BCUT2D eigenvalue weighted by Crippen LogP contribution is 2.22. The minimum absolute atomic E-state index is 0.0258. The number of hydrogen-bond acceptors (Lipinski definition) is 8. The number of aromatic amines is 1. The van der Waals surface area contributed by atoms with Crippen molar-refractivity contribution >= 4 is 11.0 Å². The molecule has 6 unspecified atom stereocenters. The van der Waals surface area contributed by atoms with Crippen LogP contribution in [-0.2, 0) is 0 Å². The van der Waals surface area contributed by atoms with Gasteiger partial charge in [-0.2, -0.15) is 0 Å². The molecule has 1 aromatic heterocycles. The Kier molecular flexibility index (Phi) is 5.65. The van der Waals surface area contributed by atoms with Gasteiger partial charge in [0.15, 0.2) is 0 Å². The lowest BCUT2D eigenvalue weighted by Crippen LogP contribution is -2.51. The molecular formula is C14H20N2O7. The summed E-state index contributed by atoms with van der Waals surface area (Å²) in [5.41, 5.74) is 1.15. The maximum absolute atomic E-state index is 10.1. The number of aromatic nitrogens is 2. The van der Waals surface area contributed by atoms with Crippen molar-refractivity contribution in [2.24, 2.45) is 0 Å². The van der Waals surface area contributed by atoms with Gasteiger partial charge in [-0.25, -0.2) is 4.98 Å². The molecule has 1 heterocycles. The molecule has 1 aromatic carbocycles. The van der Waals surface area contributed by atoms with Gasteiger partial charge in [0.1, 0.15) is 42.4 Å². The fraction of sp³-hybridized carbons (Fsp3) is 0.500. The van der Waals surface area contributed by atoms with Crippen LogP contribution in [0, 0.1) is 0 Å². The van der Waals surface area contributed by atoms with Crippen molar-refractivity contribution in [2.75, 3.05) is 6.61 Å². The molecule has 2 rings (SSSR count). The topological polar surface area (TPSA) is 170 Å². The predicted molar refractivity (Wildman–Crippen MR) is 78.2 cm³/mol. The Morgan fingerprint density at radius 3 is 2.09 bits per heavy atom. The van der Waals surface area contributed by atoms with Crippen molar-refractivity contribution in [3.05, 3.63) is 30.1 Å². The van der Waals surface area contributed by atoms with E-state index in [4.69, 9.17) is 5.11 Å². The van der Waals surface area contributed by atoms with E-state index in [1.165, 1.54) is 0 Å². The number of nitrogens with one attached hydrogen (secondary N) is 1. The van der Waals surface area contributed by atoms with E-state index >= 15 is 0 Å². The van der Waals surface area contributed by atoms with E-state index in [-0.39, 0.29) is 5.82 Å². The molecule has 0 saturated carbocycles. The first-order chi connectivity index (χ1) is 10.9. The average Bonchev–Trinajstić information content (AvgIpc) is 3.01. The van der Waals surface area contributed by atoms with E-state index in [0.29, 0.717) is 11.0 Å². The highest BCUT2D eigenvalue weighted by molar-refractivity contribution is 5.74. The summed E-state index contributed by atoms with van der Waals surface area (Å²) in [6.45, 7) is -0.840. The standard InChI is InChI=1S/C14H20N2O7/c17-5-8(18)9(19)10(20)11(21)12(22)13(23)14-15-6-3-1-2-4-7(6)16-14/h1-4,8-13,17-23H,5H2,(H,15,16). The van der Waals surface area contributed by atoms with Crippen LogP contribution in [0.5, 0.6) is 0 Å². The summed E-state index contributed by atoms with van der Waals surface area (Å²) in [5.74, 6) is -0.0258. The number of aliphatic hydroxyl groups is 7. The van der Waals surface area contributed by atoms with Crippen LogP contribution in [0.4, 0.5) is 0 Å². The van der Waals surface area contributed by atoms with Crippen LogP contribution >= 0.6 is 0 Å². The molecule has 0 saturated heterocycles. The largest absolute Gasteiger partial charge is 0.394 e. The Labute approximate surface area is 131 Å². The zero-order valence-corrected chi connectivity index (χ0v) is 12.1. The lowest BCUT2D eigenvalue weighted by molar-refractivity contribution is -0.159. The Balaban J connectivity index is 2.13. The van der Waals surface area contributed by atoms with Crippen molar-refractivity contribution < 1.29 is 35.7 Å². The van der Waals surface area contributed by atoms with Crippen LogP contribution in [0.25, 0.3) is 11.0 Å². The number of para-hydroxylation sites is 2. The summed E-state index contributed by atoms with van der Waals surface area (Å²) < 4.78 is 0. The number of H-pyrrole nitrogens is 1. The summed E-state index contributed by atoms with van der Waals surface area (Å²) in [6, 6.07) is 6.87. The second kappa shape index (κ2) is 7.32. The van der Waals surface area contributed by atoms with Crippen molar-refractivity contribution in [1.29, 1.82) is 0 Å². The molecule has 0 aliphatic rings. The van der Waals surface area contributed by atoms with E-state index in [9.17, 15) is 30.6 Å². The van der Waals surface area contributed by atoms with Crippen LogP contribution in [0.2, 0.25) is 0 Å². The maximum Gasteiger partial charge on any atom is 0.140 e. The number of imidazole rings is 1. The number of nitrogens with zero attached hydrogens (tertiary/aromatic N) is 1. The number of rotatable bonds is 7. The van der Waals surface area contributed by atoms with Gasteiger partial charge in [0.2, 0.25) is 0 Å². The van der Waals surface area contributed by atoms with Gasteiger partial charge in [0.25, 0.3) is 0 Å². The molecule has 0 spiro atoms. The summed E-state index contributed by atoms with van der Waals surface area (Å²) in [6.07, 6.45) is -11.1. The SMILES string of the molecule is OCC(O)C(O)C(O)C(O)C(O)C(O)c1nc2ccccc2[nH]1. The summed E-state index contributed by atoms with van der Waals surface area (Å²) in [5, 5.41) is 67.1. The van der Waals surface area contributed by atoms with Crippen LogP contribution in [-0.4, -0.2) is 82.8 Å². The molecule has 2 aromatic rings. The van der Waals surface area contributed by atoms with E-state index in [0.717, 1.165) is 0 Å². The molecule has 23 heavy (non-hydrogen) atoms. The van der Waals surface area contributed by atoms with E-state index < -0.39 is 43.2 Å². The Morgan fingerprint density at radius 2 is 1.48 bits per heavy atom. The molecule has 9 nitrogen and oxygen atoms in total. The van der Waals surface area contributed by atoms with Crippen molar-refractivity contribution in [2.45, 2.75) is 36.6 Å². The fourth-order valence-corrected chi connectivity index (χ4v) is 2.20. The number of hydrogen-bond donors (Lipinski definition) is 8. The van der Waals surface area contributed by atoms with Crippen molar-refractivity contribution in [3.63, 3.8) is 0 Å². The Hall–Kier alpha value is -1.59. The number of fused-ring (bicyclic) bond motifs is 1. The van der Waals surface area contributed by atoms with Crippen molar-refractivity contribution in [3.8, 4) is 0 Å². The van der Waals surface area contributed by atoms with E-state index in [2.05, 4.69) is 9.97 Å². The van der Waals surface area contributed by atoms with E-state index in [1.54, 1.807) is 24.3 Å². The first-order valence-electron chi connectivity index (χ1n) is 7.00. The number of benzene rings is 1. The highest BCUT2D eigenvalue weighted by atomic mass is 16.4. The highest BCUT2D eigenvalue weighted by Gasteiger charge is 2.38. The molecule has 9 heteroatoms. The fourth-order valence-electron chi connectivity index (χ4n) is 2.20. The van der Waals surface area contributed by atoms with Gasteiger partial charge < -0.3 is 40.7 Å². The van der Waals surface area contributed by atoms with Crippen molar-refractivity contribution in [1.82, 2.24) is 9.97 Å². The second-order valence-corrected chi connectivity index (χ2v) is 5.30. The van der Waals surface area contributed by atoms with Gasteiger partial charge >= 0.3 is 0 Å². The molecule has 0 aliphatic carbocycles. The van der Waals surface area contributed by atoms with Gasteiger partial charge in [-0.05, 0) is 12.1 Å². The molecule has 0 aliphatic heterocycles. The van der Waals surface area contributed by atoms with Crippen LogP contribution in [0.15, 0.2) is 24.3 Å². The summed E-state index contributed by atoms with van der Waals surface area (Å²) >= 11 is 0. The average molecular weight is 328 g/mol. The maximum atomic E-state index is 10.1. The van der Waals surface area contributed by atoms with Gasteiger partial charge in [0, 0.05) is 0 Å². The molecule has 0 amide bonds. The molecule has 0 bridgehead atoms. The third kappa shape index (κ3) is 3.67. The Bertz CT molecular complexity index is 601. The summed E-state index contributed by atoms with van der Waals surface area (Å²) in [4.78, 5) is 6.83. The Morgan fingerprint density at radius 1 is 0.870 bits per heavy atom. The van der Waals surface area contributed by atoms with Crippen LogP contribution < -0.4 is 0 Å². The van der Waals surface area contributed by atoms with E-state index in [1.807, 2.05) is 0 Å². The lowest BCUT2D eigenvalue weighted by Gasteiger charge is -2.29. The molecule has 8 N–H and O–H groups in total. The normalized spacial score (nSPS) is 20.0. The summed E-state index contributed by atoms with van der Waals surface area (Å²) in [7, 11) is 0. The third-order valence-corrected chi connectivity index (χ3v) is 3.64. The quantitative estimate of drug-likeness (QED) is 0.273. The van der Waals surface area contributed by atoms with Crippen LogP contribution in [0.3, 0.4) is 0 Å². The molecule has 128 valence electrons. The molecule has 0 radical (unpaired) electrons. The smallest absolute Gasteiger partial charge is 0.140 e. The predicted octanol–water partition coefficient (Wildman–Crippen LogP) is -2.61. The minimum atomic E-state index is -1.98. The van der Waals surface area contributed by atoms with Gasteiger partial charge in [-0.15, -0.1) is 0 Å². The molecule has 0 fully saturated rings. The minimum Gasteiger partial charge on any atom is -0.394 e. The zero-order valence-electron chi connectivity index (χ0n) is 12.1. The third-order valence-electron chi connectivity index (χ3n) is 3.64. The van der Waals surface area contributed by atoms with Gasteiger partial charge in [-0.3, -0.25) is 0 Å². The van der Waals surface area contributed by atoms with Gasteiger partial charge in [0.05, 0.1) is 17.6 Å². The first-order valence-corrected chi connectivity index (χ1v) is 7.00. The first kappa shape index (κ1) is 17.8. The number of aliphatic hydroxyl groups excluding tert-OH is 7. The molecule has 6 atom stereocenters. The monoisotopic (exact) mass is 328 g/mol. The second-order valence-electron chi connectivity index (χ2n) is 5.30. The lowest BCUT2D eigenvalue weighted by atomic mass is 9.96. The van der Waals surface area contributed by atoms with Gasteiger partial charge in [-0.1, -0.05) is 12.1 Å². The van der Waals surface area contributed by atoms with Crippen LogP contribution in [0.1, 0.15) is 11.9 Å². The zero-order chi connectivity index (χ0) is 17.1.